The van der Waals surface area contributed by atoms with Crippen molar-refractivity contribution in [2.24, 2.45) is 0 Å². The van der Waals surface area contributed by atoms with Gasteiger partial charge >= 0.3 is 0 Å². The maximum Gasteiger partial charge on any atom is 0.251 e. The highest BCUT2D eigenvalue weighted by Gasteiger charge is 2.17. The van der Waals surface area contributed by atoms with Gasteiger partial charge in [-0.3, -0.25) is 9.69 Å². The number of carbonyl (C=O) groups excluding carboxylic acids is 1. The molecule has 0 spiro atoms. The van der Waals surface area contributed by atoms with Crippen molar-refractivity contribution < 1.29 is 9.53 Å². The molecule has 0 saturated carbocycles. The van der Waals surface area contributed by atoms with Crippen molar-refractivity contribution in [2.75, 3.05) is 32.8 Å². The lowest BCUT2D eigenvalue weighted by Crippen LogP contribution is -2.47. The Kier molecular flexibility index (Phi) is 4.48. The second kappa shape index (κ2) is 6.51. The minimum atomic E-state index is -0.0228. The molecule has 1 N–H and O–H groups in total. The van der Waals surface area contributed by atoms with Crippen molar-refractivity contribution in [2.45, 2.75) is 13.0 Å². The predicted molar refractivity (Wildman–Crippen MR) is 83.8 cm³/mol. The lowest BCUT2D eigenvalue weighted by molar-refractivity contribution is 0.0204. The van der Waals surface area contributed by atoms with Crippen LogP contribution in [0.5, 0.6) is 0 Å². The summed E-state index contributed by atoms with van der Waals surface area (Å²) in [5.74, 6) is -0.0228. The van der Waals surface area contributed by atoms with Crippen LogP contribution in [0.3, 0.4) is 0 Å². The van der Waals surface area contributed by atoms with E-state index in [1.807, 2.05) is 18.2 Å². The molecule has 1 atom stereocenters. The smallest absolute Gasteiger partial charge is 0.251 e. The van der Waals surface area contributed by atoms with Gasteiger partial charge in [0.1, 0.15) is 0 Å². The number of benzene rings is 1. The molecule has 0 unspecified atom stereocenters. The van der Waals surface area contributed by atoms with E-state index in [1.165, 1.54) is 0 Å². The number of rotatable bonds is 4. The molecule has 1 aromatic heterocycles. The van der Waals surface area contributed by atoms with E-state index < -0.39 is 0 Å². The van der Waals surface area contributed by atoms with Crippen LogP contribution in [0.15, 0.2) is 23.7 Å². The summed E-state index contributed by atoms with van der Waals surface area (Å²) < 4.78 is 6.39. The number of hydrogen-bond acceptors (Lipinski definition) is 5. The summed E-state index contributed by atoms with van der Waals surface area (Å²) in [7, 11) is 0. The van der Waals surface area contributed by atoms with E-state index in [-0.39, 0.29) is 5.91 Å². The Bertz CT molecular complexity index is 622. The quantitative estimate of drug-likeness (QED) is 0.935. The number of nitrogens with one attached hydrogen (secondary N) is 1. The van der Waals surface area contributed by atoms with Crippen molar-refractivity contribution in [1.29, 1.82) is 0 Å². The summed E-state index contributed by atoms with van der Waals surface area (Å²) >= 11 is 1.55. The average Bonchev–Trinajstić information content (AvgIpc) is 3.00. The molecule has 1 aliphatic rings. The van der Waals surface area contributed by atoms with E-state index in [2.05, 4.69) is 22.1 Å². The Morgan fingerprint density at radius 3 is 3.10 bits per heavy atom. The van der Waals surface area contributed by atoms with Gasteiger partial charge in [-0.1, -0.05) is 0 Å². The largest absolute Gasteiger partial charge is 0.379 e. The topological polar surface area (TPSA) is 54.5 Å². The average molecular weight is 305 g/mol. The van der Waals surface area contributed by atoms with E-state index >= 15 is 0 Å². The second-order valence-corrected chi connectivity index (χ2v) is 6.13. The number of thiazole rings is 1. The summed E-state index contributed by atoms with van der Waals surface area (Å²) in [6.07, 6.45) is 0. The highest BCUT2D eigenvalue weighted by molar-refractivity contribution is 7.16. The van der Waals surface area contributed by atoms with Gasteiger partial charge in [0.05, 0.1) is 28.9 Å². The standard InChI is InChI=1S/C15H19N3O2S/c1-11(18-4-6-20-7-5-18)9-16-15(19)12-2-3-13-14(8-12)21-10-17-13/h2-3,8,10-11H,4-7,9H2,1H3,(H,16,19)/t11-/m0/s1. The zero-order valence-corrected chi connectivity index (χ0v) is 12.9. The minimum Gasteiger partial charge on any atom is -0.379 e. The molecule has 0 bridgehead atoms. The zero-order valence-electron chi connectivity index (χ0n) is 12.0. The van der Waals surface area contributed by atoms with Crippen molar-refractivity contribution in [3.63, 3.8) is 0 Å². The van der Waals surface area contributed by atoms with E-state index in [0.29, 0.717) is 18.2 Å². The van der Waals surface area contributed by atoms with Gasteiger partial charge in [0.15, 0.2) is 0 Å². The van der Waals surface area contributed by atoms with Crippen molar-refractivity contribution in [3.05, 3.63) is 29.3 Å². The predicted octanol–water partition coefficient (Wildman–Crippen LogP) is 1.75. The highest BCUT2D eigenvalue weighted by Crippen LogP contribution is 2.19. The SMILES string of the molecule is C[C@@H](CNC(=O)c1ccc2ncsc2c1)N1CCOCC1. The van der Waals surface area contributed by atoms with Gasteiger partial charge in [-0.2, -0.15) is 0 Å². The van der Waals surface area contributed by atoms with Gasteiger partial charge in [-0.25, -0.2) is 4.98 Å². The molecule has 2 aromatic rings. The fraction of sp³-hybridized carbons (Fsp3) is 0.467. The molecule has 1 aromatic carbocycles. The Morgan fingerprint density at radius 1 is 1.48 bits per heavy atom. The summed E-state index contributed by atoms with van der Waals surface area (Å²) in [6.45, 7) is 6.21. The highest BCUT2D eigenvalue weighted by atomic mass is 32.1. The van der Waals surface area contributed by atoms with Crippen molar-refractivity contribution in [3.8, 4) is 0 Å². The van der Waals surface area contributed by atoms with E-state index in [0.717, 1.165) is 36.5 Å². The number of ether oxygens (including phenoxy) is 1. The summed E-state index contributed by atoms with van der Waals surface area (Å²) in [5, 5.41) is 3.02. The summed E-state index contributed by atoms with van der Waals surface area (Å²) in [6, 6.07) is 5.95. The first-order chi connectivity index (χ1) is 10.2. The Hall–Kier alpha value is -1.50. The molecule has 6 heteroatoms. The molecule has 0 aliphatic carbocycles. The lowest BCUT2D eigenvalue weighted by atomic mass is 10.2. The molecule has 2 heterocycles. The number of amides is 1. The van der Waals surface area contributed by atoms with Crippen molar-refractivity contribution in [1.82, 2.24) is 15.2 Å². The van der Waals surface area contributed by atoms with E-state index in [1.54, 1.807) is 16.8 Å². The molecule has 1 aliphatic heterocycles. The maximum absolute atomic E-state index is 12.2. The monoisotopic (exact) mass is 305 g/mol. The molecular formula is C15H19N3O2S. The number of nitrogens with zero attached hydrogens (tertiary/aromatic N) is 2. The summed E-state index contributed by atoms with van der Waals surface area (Å²) in [5.41, 5.74) is 3.44. The third kappa shape index (κ3) is 3.40. The van der Waals surface area contributed by atoms with Crippen LogP contribution in [0.1, 0.15) is 17.3 Å². The summed E-state index contributed by atoms with van der Waals surface area (Å²) in [4.78, 5) is 18.8. The van der Waals surface area contributed by atoms with Crippen LogP contribution < -0.4 is 5.32 Å². The van der Waals surface area contributed by atoms with E-state index in [4.69, 9.17) is 4.74 Å². The number of morpholine rings is 1. The third-order valence-corrected chi connectivity index (χ3v) is 4.61. The maximum atomic E-state index is 12.2. The first-order valence-corrected chi connectivity index (χ1v) is 8.05. The normalized spacial score (nSPS) is 17.8. The molecule has 3 rings (SSSR count). The van der Waals surface area contributed by atoms with Crippen LogP contribution in [0.2, 0.25) is 0 Å². The number of fused-ring (bicyclic) bond motifs is 1. The van der Waals surface area contributed by atoms with Gasteiger partial charge in [0, 0.05) is 31.2 Å². The molecule has 5 nitrogen and oxygen atoms in total. The van der Waals surface area contributed by atoms with Gasteiger partial charge in [-0.05, 0) is 25.1 Å². The van der Waals surface area contributed by atoms with Gasteiger partial charge < -0.3 is 10.1 Å². The molecular weight excluding hydrogens is 286 g/mol. The van der Waals surface area contributed by atoms with Crippen LogP contribution in [0.25, 0.3) is 10.2 Å². The molecule has 1 amide bonds. The second-order valence-electron chi connectivity index (χ2n) is 5.24. The van der Waals surface area contributed by atoms with Gasteiger partial charge in [0.2, 0.25) is 0 Å². The first-order valence-electron chi connectivity index (χ1n) is 7.17. The fourth-order valence-electron chi connectivity index (χ4n) is 2.49. The fourth-order valence-corrected chi connectivity index (χ4v) is 3.20. The minimum absolute atomic E-state index is 0.0228. The Labute approximate surface area is 127 Å². The van der Waals surface area contributed by atoms with Crippen LogP contribution >= 0.6 is 11.3 Å². The first kappa shape index (κ1) is 14.4. The van der Waals surface area contributed by atoms with Gasteiger partial charge in [0.25, 0.3) is 5.91 Å². The Balaban J connectivity index is 1.57. The van der Waals surface area contributed by atoms with Crippen LogP contribution in [0.4, 0.5) is 0 Å². The lowest BCUT2D eigenvalue weighted by Gasteiger charge is -2.32. The van der Waals surface area contributed by atoms with Gasteiger partial charge in [-0.15, -0.1) is 11.3 Å². The van der Waals surface area contributed by atoms with E-state index in [9.17, 15) is 4.79 Å². The molecule has 1 fully saturated rings. The molecule has 0 radical (unpaired) electrons. The van der Waals surface area contributed by atoms with Crippen LogP contribution in [-0.2, 0) is 4.74 Å². The van der Waals surface area contributed by atoms with Crippen LogP contribution in [-0.4, -0.2) is 54.7 Å². The number of aromatic nitrogens is 1. The van der Waals surface area contributed by atoms with Crippen molar-refractivity contribution >= 4 is 27.5 Å². The Morgan fingerprint density at radius 2 is 2.29 bits per heavy atom. The molecule has 112 valence electrons. The van der Waals surface area contributed by atoms with Crippen LogP contribution in [0, 0.1) is 0 Å². The third-order valence-electron chi connectivity index (χ3n) is 3.82. The zero-order chi connectivity index (χ0) is 14.7. The number of carbonyl (C=O) groups is 1. The molecule has 21 heavy (non-hydrogen) atoms. The molecule has 1 saturated heterocycles. The number of hydrogen-bond donors (Lipinski definition) is 1.